The zero-order valence-corrected chi connectivity index (χ0v) is 12.9. The Hall–Kier alpha value is -1.69. The topological polar surface area (TPSA) is 70.2 Å². The largest absolute Gasteiger partial charge is 0.369 e. The lowest BCUT2D eigenvalue weighted by Crippen LogP contribution is -2.31. The molecule has 1 atom stereocenters. The first-order chi connectivity index (χ1) is 10.2. The summed E-state index contributed by atoms with van der Waals surface area (Å²) in [5, 5.41) is 6.10. The summed E-state index contributed by atoms with van der Waals surface area (Å²) < 4.78 is 0. The third-order valence-corrected chi connectivity index (χ3v) is 3.81. The Morgan fingerprint density at radius 2 is 2.24 bits per heavy atom. The maximum absolute atomic E-state index is 12.0. The minimum Gasteiger partial charge on any atom is -0.369 e. The molecule has 0 aliphatic carbocycles. The van der Waals surface area contributed by atoms with Crippen LogP contribution >= 0.6 is 0 Å². The summed E-state index contributed by atoms with van der Waals surface area (Å²) in [4.78, 5) is 22.8. The van der Waals surface area contributed by atoms with Crippen LogP contribution in [0, 0.1) is 5.92 Å². The van der Waals surface area contributed by atoms with Gasteiger partial charge in [0.25, 0.3) is 5.91 Å². The number of carbonyl (C=O) groups is 1. The van der Waals surface area contributed by atoms with Crippen molar-refractivity contribution in [3.05, 3.63) is 18.1 Å². The first-order valence-electron chi connectivity index (χ1n) is 7.79. The Morgan fingerprint density at radius 3 is 2.86 bits per heavy atom. The Labute approximate surface area is 126 Å². The number of aromatic nitrogens is 2. The summed E-state index contributed by atoms with van der Waals surface area (Å²) in [7, 11) is 0. The zero-order chi connectivity index (χ0) is 15.1. The van der Waals surface area contributed by atoms with Gasteiger partial charge in [0.15, 0.2) is 0 Å². The summed E-state index contributed by atoms with van der Waals surface area (Å²) in [6.45, 7) is 9.12. The normalized spacial score (nSPS) is 18.7. The van der Waals surface area contributed by atoms with Gasteiger partial charge in [-0.2, -0.15) is 0 Å². The third-order valence-electron chi connectivity index (χ3n) is 3.81. The average Bonchev–Trinajstić information content (AvgIpc) is 2.99. The van der Waals surface area contributed by atoms with Crippen LogP contribution in [0.15, 0.2) is 12.4 Å². The van der Waals surface area contributed by atoms with Gasteiger partial charge in [0.05, 0.1) is 12.4 Å². The summed E-state index contributed by atoms with van der Waals surface area (Å²) in [6.07, 6.45) is 5.32. The molecule has 2 heterocycles. The van der Waals surface area contributed by atoms with Crippen LogP contribution in [-0.2, 0) is 0 Å². The molecule has 116 valence electrons. The van der Waals surface area contributed by atoms with Crippen LogP contribution in [-0.4, -0.2) is 53.5 Å². The van der Waals surface area contributed by atoms with Gasteiger partial charge in [0.2, 0.25) is 0 Å². The zero-order valence-electron chi connectivity index (χ0n) is 12.9. The van der Waals surface area contributed by atoms with E-state index < -0.39 is 0 Å². The number of hydrogen-bond acceptors (Lipinski definition) is 5. The number of nitrogens with one attached hydrogen (secondary N) is 2. The SMILES string of the molecule is CCCNc1cnc(C(=O)NCC2CCN(CC)C2)cn1. The van der Waals surface area contributed by atoms with Crippen LogP contribution in [0.4, 0.5) is 5.82 Å². The van der Waals surface area contributed by atoms with Crippen LogP contribution in [0.2, 0.25) is 0 Å². The van der Waals surface area contributed by atoms with Gasteiger partial charge in [-0.05, 0) is 31.8 Å². The van der Waals surface area contributed by atoms with Gasteiger partial charge in [-0.1, -0.05) is 13.8 Å². The minimum absolute atomic E-state index is 0.139. The standard InChI is InChI=1S/C15H25N5O/c1-3-6-16-14-10-17-13(9-18-14)15(21)19-8-12-5-7-20(4-2)11-12/h9-10,12H,3-8,11H2,1-2H3,(H,16,18)(H,19,21). The maximum atomic E-state index is 12.0. The molecule has 6 nitrogen and oxygen atoms in total. The molecule has 2 N–H and O–H groups in total. The Balaban J connectivity index is 1.78. The first-order valence-corrected chi connectivity index (χ1v) is 7.79. The molecule has 1 fully saturated rings. The number of likely N-dealkylation sites (tertiary alicyclic amines) is 1. The number of carbonyl (C=O) groups excluding carboxylic acids is 1. The molecule has 0 aromatic carbocycles. The highest BCUT2D eigenvalue weighted by molar-refractivity contribution is 5.91. The van der Waals surface area contributed by atoms with Gasteiger partial charge in [-0.25, -0.2) is 9.97 Å². The van der Waals surface area contributed by atoms with Crippen molar-refractivity contribution in [3.63, 3.8) is 0 Å². The van der Waals surface area contributed by atoms with Crippen LogP contribution < -0.4 is 10.6 Å². The number of rotatable bonds is 7. The van der Waals surface area contributed by atoms with Crippen molar-refractivity contribution in [2.24, 2.45) is 5.92 Å². The molecule has 21 heavy (non-hydrogen) atoms. The lowest BCUT2D eigenvalue weighted by Gasteiger charge is -2.13. The van der Waals surface area contributed by atoms with E-state index in [0.29, 0.717) is 24.0 Å². The molecule has 0 saturated carbocycles. The van der Waals surface area contributed by atoms with Gasteiger partial charge in [-0.15, -0.1) is 0 Å². The Morgan fingerprint density at radius 1 is 1.38 bits per heavy atom. The summed E-state index contributed by atoms with van der Waals surface area (Å²) in [5.74, 6) is 1.12. The minimum atomic E-state index is -0.139. The van der Waals surface area contributed by atoms with E-state index >= 15 is 0 Å². The smallest absolute Gasteiger partial charge is 0.271 e. The molecule has 1 amide bonds. The fourth-order valence-electron chi connectivity index (χ4n) is 2.48. The van der Waals surface area contributed by atoms with E-state index in [9.17, 15) is 4.79 Å². The molecule has 1 aromatic heterocycles. The van der Waals surface area contributed by atoms with Crippen molar-refractivity contribution in [2.75, 3.05) is 38.0 Å². The van der Waals surface area contributed by atoms with E-state index in [1.165, 1.54) is 6.20 Å². The molecule has 1 aliphatic heterocycles. The van der Waals surface area contributed by atoms with E-state index in [-0.39, 0.29) is 5.91 Å². The monoisotopic (exact) mass is 291 g/mol. The molecule has 0 spiro atoms. The fraction of sp³-hybridized carbons (Fsp3) is 0.667. The molecule has 6 heteroatoms. The van der Waals surface area contributed by atoms with E-state index in [1.807, 2.05) is 0 Å². The summed E-state index contributed by atoms with van der Waals surface area (Å²) in [6, 6.07) is 0. The van der Waals surface area contributed by atoms with Crippen LogP contribution in [0.25, 0.3) is 0 Å². The molecule has 0 radical (unpaired) electrons. The summed E-state index contributed by atoms with van der Waals surface area (Å²) in [5.41, 5.74) is 0.377. The van der Waals surface area contributed by atoms with Crippen LogP contribution in [0.3, 0.4) is 0 Å². The predicted octanol–water partition coefficient (Wildman–Crippen LogP) is 1.37. The number of nitrogens with zero attached hydrogens (tertiary/aromatic N) is 3. The van der Waals surface area contributed by atoms with Crippen LogP contribution in [0.1, 0.15) is 37.2 Å². The molecule has 0 bridgehead atoms. The molecule has 2 rings (SSSR count). The van der Waals surface area contributed by atoms with Gasteiger partial charge >= 0.3 is 0 Å². The van der Waals surface area contributed by atoms with Crippen molar-refractivity contribution in [3.8, 4) is 0 Å². The predicted molar refractivity (Wildman–Crippen MR) is 83.4 cm³/mol. The second-order valence-corrected chi connectivity index (χ2v) is 5.47. The van der Waals surface area contributed by atoms with E-state index in [2.05, 4.69) is 39.3 Å². The quantitative estimate of drug-likeness (QED) is 0.794. The second-order valence-electron chi connectivity index (χ2n) is 5.47. The average molecular weight is 291 g/mol. The van der Waals surface area contributed by atoms with Crippen molar-refractivity contribution in [1.82, 2.24) is 20.2 Å². The Bertz CT molecular complexity index is 448. The van der Waals surface area contributed by atoms with Gasteiger partial charge in [-0.3, -0.25) is 4.79 Å². The van der Waals surface area contributed by atoms with Gasteiger partial charge in [0, 0.05) is 19.6 Å². The fourth-order valence-corrected chi connectivity index (χ4v) is 2.48. The van der Waals surface area contributed by atoms with E-state index in [1.54, 1.807) is 6.20 Å². The van der Waals surface area contributed by atoms with Crippen molar-refractivity contribution in [1.29, 1.82) is 0 Å². The molecular weight excluding hydrogens is 266 g/mol. The molecule has 1 saturated heterocycles. The lowest BCUT2D eigenvalue weighted by atomic mass is 10.1. The lowest BCUT2D eigenvalue weighted by molar-refractivity contribution is 0.0942. The van der Waals surface area contributed by atoms with Gasteiger partial charge < -0.3 is 15.5 Å². The highest BCUT2D eigenvalue weighted by atomic mass is 16.1. The van der Waals surface area contributed by atoms with Crippen LogP contribution in [0.5, 0.6) is 0 Å². The van der Waals surface area contributed by atoms with E-state index in [4.69, 9.17) is 0 Å². The molecule has 1 unspecified atom stereocenters. The number of amides is 1. The third kappa shape index (κ3) is 4.67. The summed E-state index contributed by atoms with van der Waals surface area (Å²) >= 11 is 0. The van der Waals surface area contributed by atoms with Crippen molar-refractivity contribution in [2.45, 2.75) is 26.7 Å². The molecular formula is C15H25N5O. The molecule has 1 aliphatic rings. The highest BCUT2D eigenvalue weighted by Gasteiger charge is 2.21. The number of hydrogen-bond donors (Lipinski definition) is 2. The van der Waals surface area contributed by atoms with Gasteiger partial charge in [0.1, 0.15) is 11.5 Å². The first kappa shape index (κ1) is 15.7. The van der Waals surface area contributed by atoms with E-state index in [0.717, 1.165) is 39.0 Å². The van der Waals surface area contributed by atoms with Crippen molar-refractivity contribution >= 4 is 11.7 Å². The maximum Gasteiger partial charge on any atom is 0.271 e. The number of anilines is 1. The Kier molecular flexibility index (Phi) is 5.92. The second kappa shape index (κ2) is 7.93. The highest BCUT2D eigenvalue weighted by Crippen LogP contribution is 2.14. The molecule has 1 aromatic rings. The van der Waals surface area contributed by atoms with Crippen molar-refractivity contribution < 1.29 is 4.79 Å².